The highest BCUT2D eigenvalue weighted by molar-refractivity contribution is 7.99. The molecule has 0 unspecified atom stereocenters. The molecular formula is C9H18O3S. The molecule has 0 aromatic rings. The molecule has 1 N–H and O–H groups in total. The van der Waals surface area contributed by atoms with Crippen LogP contribution in [0.3, 0.4) is 0 Å². The molecule has 0 saturated heterocycles. The van der Waals surface area contributed by atoms with Gasteiger partial charge < -0.3 is 9.84 Å². The lowest BCUT2D eigenvalue weighted by Gasteiger charge is -2.00. The van der Waals surface area contributed by atoms with Crippen LogP contribution in [-0.4, -0.2) is 36.3 Å². The van der Waals surface area contributed by atoms with Gasteiger partial charge >= 0.3 is 5.97 Å². The molecule has 0 spiro atoms. The standard InChI is InChI=1S/C9H18O3S/c1-12-6-8-13-7-4-2-3-5-9(10)11/h2-8H2,1H3,(H,10,11). The highest BCUT2D eigenvalue weighted by Crippen LogP contribution is 2.07. The van der Waals surface area contributed by atoms with Gasteiger partial charge in [-0.2, -0.15) is 11.8 Å². The molecular weight excluding hydrogens is 188 g/mol. The maximum atomic E-state index is 10.2. The van der Waals surface area contributed by atoms with Crippen LogP contribution in [0.1, 0.15) is 25.7 Å². The molecule has 3 nitrogen and oxygen atoms in total. The van der Waals surface area contributed by atoms with E-state index in [0.717, 1.165) is 37.4 Å². The first-order valence-corrected chi connectivity index (χ1v) is 5.71. The van der Waals surface area contributed by atoms with Gasteiger partial charge in [-0.1, -0.05) is 6.42 Å². The SMILES string of the molecule is COCCSCCCCCC(=O)O. The number of aliphatic carboxylic acids is 1. The fourth-order valence-electron chi connectivity index (χ4n) is 0.901. The molecule has 0 aliphatic heterocycles. The quantitative estimate of drug-likeness (QED) is 0.586. The number of carboxylic acid groups (broad SMARTS) is 1. The molecule has 0 amide bonds. The minimum atomic E-state index is -0.688. The summed E-state index contributed by atoms with van der Waals surface area (Å²) in [5, 5.41) is 8.36. The third-order valence-electron chi connectivity index (χ3n) is 1.61. The molecule has 0 bridgehead atoms. The van der Waals surface area contributed by atoms with E-state index in [-0.39, 0.29) is 0 Å². The summed E-state index contributed by atoms with van der Waals surface area (Å²) >= 11 is 1.86. The maximum Gasteiger partial charge on any atom is 0.303 e. The fourth-order valence-corrected chi connectivity index (χ4v) is 1.80. The second-order valence-corrected chi connectivity index (χ2v) is 4.03. The zero-order chi connectivity index (χ0) is 9.94. The largest absolute Gasteiger partial charge is 0.481 e. The van der Waals surface area contributed by atoms with E-state index < -0.39 is 5.97 Å². The Balaban J connectivity index is 2.87. The highest BCUT2D eigenvalue weighted by Gasteiger charge is 1.96. The average Bonchev–Trinajstić information content (AvgIpc) is 2.09. The molecule has 0 heterocycles. The predicted octanol–water partition coefficient (Wildman–Crippen LogP) is 2.01. The van der Waals surface area contributed by atoms with Crippen molar-refractivity contribution in [1.82, 2.24) is 0 Å². The highest BCUT2D eigenvalue weighted by atomic mass is 32.2. The molecule has 0 aromatic carbocycles. The van der Waals surface area contributed by atoms with Gasteiger partial charge in [0.15, 0.2) is 0 Å². The van der Waals surface area contributed by atoms with Crippen LogP contribution >= 0.6 is 11.8 Å². The first kappa shape index (κ1) is 12.8. The van der Waals surface area contributed by atoms with Gasteiger partial charge in [-0.25, -0.2) is 0 Å². The molecule has 0 aliphatic carbocycles. The van der Waals surface area contributed by atoms with Crippen LogP contribution in [0.25, 0.3) is 0 Å². The minimum absolute atomic E-state index is 0.308. The van der Waals surface area contributed by atoms with Crippen LogP contribution in [0.4, 0.5) is 0 Å². The Hall–Kier alpha value is -0.220. The average molecular weight is 206 g/mol. The minimum Gasteiger partial charge on any atom is -0.481 e. The second-order valence-electron chi connectivity index (χ2n) is 2.81. The summed E-state index contributed by atoms with van der Waals surface area (Å²) in [5.74, 6) is 1.46. The Bertz CT molecular complexity index is 128. The number of carboxylic acids is 1. The van der Waals surface area contributed by atoms with Crippen LogP contribution in [0.5, 0.6) is 0 Å². The van der Waals surface area contributed by atoms with E-state index in [2.05, 4.69) is 0 Å². The normalized spacial score (nSPS) is 10.2. The van der Waals surface area contributed by atoms with Gasteiger partial charge in [0.05, 0.1) is 6.61 Å². The molecule has 0 aromatic heterocycles. The Morgan fingerprint density at radius 1 is 1.31 bits per heavy atom. The van der Waals surface area contributed by atoms with Crippen molar-refractivity contribution in [2.24, 2.45) is 0 Å². The van der Waals surface area contributed by atoms with Crippen molar-refractivity contribution < 1.29 is 14.6 Å². The third kappa shape index (κ3) is 11.8. The van der Waals surface area contributed by atoms with Crippen molar-refractivity contribution >= 4 is 17.7 Å². The molecule has 0 saturated carbocycles. The Labute approximate surface area is 83.9 Å². The zero-order valence-corrected chi connectivity index (χ0v) is 8.94. The summed E-state index contributed by atoms with van der Waals surface area (Å²) in [6, 6.07) is 0. The van der Waals surface area contributed by atoms with Crippen molar-refractivity contribution in [1.29, 1.82) is 0 Å². The van der Waals surface area contributed by atoms with Crippen LogP contribution in [0, 0.1) is 0 Å². The van der Waals surface area contributed by atoms with Crippen LogP contribution in [-0.2, 0) is 9.53 Å². The number of thioether (sulfide) groups is 1. The van der Waals surface area contributed by atoms with Crippen molar-refractivity contribution in [2.75, 3.05) is 25.2 Å². The van der Waals surface area contributed by atoms with Crippen molar-refractivity contribution in [3.8, 4) is 0 Å². The molecule has 0 fully saturated rings. The van der Waals surface area contributed by atoms with E-state index in [1.165, 1.54) is 0 Å². The van der Waals surface area contributed by atoms with Crippen molar-refractivity contribution in [2.45, 2.75) is 25.7 Å². The van der Waals surface area contributed by atoms with E-state index in [4.69, 9.17) is 9.84 Å². The lowest BCUT2D eigenvalue weighted by Crippen LogP contribution is -1.95. The molecule has 0 radical (unpaired) electrons. The first-order chi connectivity index (χ1) is 6.27. The summed E-state index contributed by atoms with van der Waals surface area (Å²) in [7, 11) is 1.70. The lowest BCUT2D eigenvalue weighted by atomic mass is 10.2. The van der Waals surface area contributed by atoms with Crippen molar-refractivity contribution in [3.63, 3.8) is 0 Å². The molecule has 4 heteroatoms. The number of hydrogen-bond acceptors (Lipinski definition) is 3. The molecule has 0 rings (SSSR count). The zero-order valence-electron chi connectivity index (χ0n) is 8.12. The van der Waals surface area contributed by atoms with Gasteiger partial charge in [0.25, 0.3) is 0 Å². The summed E-state index contributed by atoms with van der Waals surface area (Å²) < 4.78 is 4.90. The second kappa shape index (κ2) is 9.86. The van der Waals surface area contributed by atoms with E-state index >= 15 is 0 Å². The molecule has 0 atom stereocenters. The number of ether oxygens (including phenoxy) is 1. The Morgan fingerprint density at radius 3 is 2.69 bits per heavy atom. The van der Waals surface area contributed by atoms with Crippen LogP contribution in [0.15, 0.2) is 0 Å². The number of rotatable bonds is 9. The van der Waals surface area contributed by atoms with Gasteiger partial charge in [0.1, 0.15) is 0 Å². The van der Waals surface area contributed by atoms with Gasteiger partial charge in [-0.15, -0.1) is 0 Å². The van der Waals surface area contributed by atoms with E-state index in [1.807, 2.05) is 11.8 Å². The van der Waals surface area contributed by atoms with Gasteiger partial charge in [0, 0.05) is 19.3 Å². The molecule has 0 aliphatic rings. The van der Waals surface area contributed by atoms with Crippen LogP contribution < -0.4 is 0 Å². The van der Waals surface area contributed by atoms with Crippen molar-refractivity contribution in [3.05, 3.63) is 0 Å². The first-order valence-electron chi connectivity index (χ1n) is 4.56. The van der Waals surface area contributed by atoms with E-state index in [9.17, 15) is 4.79 Å². The maximum absolute atomic E-state index is 10.2. The summed E-state index contributed by atoms with van der Waals surface area (Å²) in [5.41, 5.74) is 0. The number of unbranched alkanes of at least 4 members (excludes halogenated alkanes) is 2. The monoisotopic (exact) mass is 206 g/mol. The number of hydrogen-bond donors (Lipinski definition) is 1. The fraction of sp³-hybridized carbons (Fsp3) is 0.889. The van der Waals surface area contributed by atoms with Crippen LogP contribution in [0.2, 0.25) is 0 Å². The molecule has 13 heavy (non-hydrogen) atoms. The summed E-state index contributed by atoms with van der Waals surface area (Å²) in [4.78, 5) is 10.2. The Morgan fingerprint density at radius 2 is 2.08 bits per heavy atom. The third-order valence-corrected chi connectivity index (χ3v) is 2.64. The van der Waals surface area contributed by atoms with Gasteiger partial charge in [0.2, 0.25) is 0 Å². The smallest absolute Gasteiger partial charge is 0.303 e. The summed E-state index contributed by atoms with van der Waals surface area (Å²) in [6.07, 6.45) is 3.25. The Kier molecular flexibility index (Phi) is 9.70. The van der Waals surface area contributed by atoms with E-state index in [1.54, 1.807) is 7.11 Å². The lowest BCUT2D eigenvalue weighted by molar-refractivity contribution is -0.137. The number of methoxy groups -OCH3 is 1. The summed E-state index contributed by atoms with van der Waals surface area (Å²) in [6.45, 7) is 0.805. The number of carbonyl (C=O) groups is 1. The van der Waals surface area contributed by atoms with E-state index in [0.29, 0.717) is 6.42 Å². The topological polar surface area (TPSA) is 46.5 Å². The van der Waals surface area contributed by atoms with Gasteiger partial charge in [-0.3, -0.25) is 4.79 Å². The predicted molar refractivity (Wildman–Crippen MR) is 55.3 cm³/mol. The van der Waals surface area contributed by atoms with Gasteiger partial charge in [-0.05, 0) is 18.6 Å². The molecule has 78 valence electrons.